The maximum atomic E-state index is 12.2. The number of aromatic nitrogens is 2. The van der Waals surface area contributed by atoms with Crippen LogP contribution in [-0.2, 0) is 16.0 Å². The Labute approximate surface area is 128 Å². The third-order valence-corrected chi connectivity index (χ3v) is 4.14. The van der Waals surface area contributed by atoms with Gasteiger partial charge in [-0.25, -0.2) is 4.98 Å². The number of amides is 1. The number of nitrogens with one attached hydrogen (secondary N) is 1. The van der Waals surface area contributed by atoms with Crippen molar-refractivity contribution in [2.75, 3.05) is 13.1 Å². The molecule has 1 saturated heterocycles. The van der Waals surface area contributed by atoms with E-state index in [1.807, 2.05) is 24.3 Å². The molecule has 1 aromatic heterocycles. The van der Waals surface area contributed by atoms with Crippen LogP contribution in [0.15, 0.2) is 24.3 Å². The van der Waals surface area contributed by atoms with Gasteiger partial charge in [-0.3, -0.25) is 9.59 Å². The minimum atomic E-state index is -0.810. The number of H-pyrrole nitrogens is 1. The topological polar surface area (TPSA) is 86.3 Å². The second kappa shape index (κ2) is 6.17. The quantitative estimate of drug-likeness (QED) is 0.902. The van der Waals surface area contributed by atoms with Crippen molar-refractivity contribution in [2.45, 2.75) is 25.7 Å². The standard InChI is InChI=1S/C16H19N3O3/c20-15(19-9-3-4-11(10-19)16(21)22)8-7-14-17-12-5-1-2-6-13(12)18-14/h1-2,5-6,11H,3-4,7-10H2,(H,17,18)(H,21,22). The van der Waals surface area contributed by atoms with E-state index < -0.39 is 11.9 Å². The molecule has 3 rings (SSSR count). The second-order valence-electron chi connectivity index (χ2n) is 5.72. The predicted octanol–water partition coefficient (Wildman–Crippen LogP) is 1.82. The number of aryl methyl sites for hydroxylation is 1. The van der Waals surface area contributed by atoms with Crippen LogP contribution in [-0.4, -0.2) is 44.9 Å². The smallest absolute Gasteiger partial charge is 0.308 e. The number of benzene rings is 1. The first-order valence-corrected chi connectivity index (χ1v) is 7.57. The monoisotopic (exact) mass is 301 g/mol. The summed E-state index contributed by atoms with van der Waals surface area (Å²) in [6, 6.07) is 7.75. The Morgan fingerprint density at radius 2 is 2.18 bits per heavy atom. The third kappa shape index (κ3) is 3.10. The van der Waals surface area contributed by atoms with Crippen molar-refractivity contribution in [1.82, 2.24) is 14.9 Å². The Morgan fingerprint density at radius 3 is 2.95 bits per heavy atom. The lowest BCUT2D eigenvalue weighted by molar-refractivity contribution is -0.145. The molecule has 0 saturated carbocycles. The number of carboxylic acids is 1. The van der Waals surface area contributed by atoms with Crippen LogP contribution < -0.4 is 0 Å². The molecular formula is C16H19N3O3. The molecule has 2 N–H and O–H groups in total. The summed E-state index contributed by atoms with van der Waals surface area (Å²) in [4.78, 5) is 32.6. The number of aromatic amines is 1. The zero-order valence-electron chi connectivity index (χ0n) is 12.3. The van der Waals surface area contributed by atoms with E-state index in [0.29, 0.717) is 32.4 Å². The average Bonchev–Trinajstić information content (AvgIpc) is 2.95. The van der Waals surface area contributed by atoms with E-state index in [2.05, 4.69) is 9.97 Å². The maximum absolute atomic E-state index is 12.2. The van der Waals surface area contributed by atoms with Gasteiger partial charge >= 0.3 is 5.97 Å². The largest absolute Gasteiger partial charge is 0.481 e. The first kappa shape index (κ1) is 14.6. The number of carboxylic acid groups (broad SMARTS) is 1. The lowest BCUT2D eigenvalue weighted by Crippen LogP contribution is -2.42. The summed E-state index contributed by atoms with van der Waals surface area (Å²) in [6.45, 7) is 0.983. The lowest BCUT2D eigenvalue weighted by atomic mass is 9.98. The minimum absolute atomic E-state index is 0.00593. The molecule has 1 aliphatic rings. The van der Waals surface area contributed by atoms with Gasteiger partial charge in [0.25, 0.3) is 0 Å². The van der Waals surface area contributed by atoms with Crippen LogP contribution in [0, 0.1) is 5.92 Å². The molecule has 0 aliphatic carbocycles. The van der Waals surface area contributed by atoms with E-state index in [1.54, 1.807) is 4.90 Å². The third-order valence-electron chi connectivity index (χ3n) is 4.14. The number of piperidine rings is 1. The zero-order valence-corrected chi connectivity index (χ0v) is 12.3. The van der Waals surface area contributed by atoms with Crippen LogP contribution >= 0.6 is 0 Å². The molecule has 1 aliphatic heterocycles. The number of nitrogens with zero attached hydrogens (tertiary/aromatic N) is 2. The average molecular weight is 301 g/mol. The highest BCUT2D eigenvalue weighted by Crippen LogP contribution is 2.18. The Bertz CT molecular complexity index is 662. The van der Waals surface area contributed by atoms with Gasteiger partial charge in [0.15, 0.2) is 0 Å². The summed E-state index contributed by atoms with van der Waals surface area (Å²) in [5, 5.41) is 9.07. The Kier molecular flexibility index (Phi) is 4.09. The van der Waals surface area contributed by atoms with Gasteiger partial charge in [0, 0.05) is 25.9 Å². The molecular weight excluding hydrogens is 282 g/mol. The van der Waals surface area contributed by atoms with E-state index in [0.717, 1.165) is 23.3 Å². The van der Waals surface area contributed by atoms with Gasteiger partial charge in [0.05, 0.1) is 17.0 Å². The Morgan fingerprint density at radius 1 is 1.36 bits per heavy atom. The summed E-state index contributed by atoms with van der Waals surface area (Å²) >= 11 is 0. The Hall–Kier alpha value is -2.37. The molecule has 2 aromatic rings. The number of hydrogen-bond acceptors (Lipinski definition) is 3. The summed E-state index contributed by atoms with van der Waals surface area (Å²) in [5.41, 5.74) is 1.86. The van der Waals surface area contributed by atoms with Gasteiger partial charge in [-0.05, 0) is 25.0 Å². The van der Waals surface area contributed by atoms with Gasteiger partial charge in [-0.1, -0.05) is 12.1 Å². The van der Waals surface area contributed by atoms with Crippen LogP contribution in [0.1, 0.15) is 25.1 Å². The number of carbonyl (C=O) groups excluding carboxylic acids is 1. The number of imidazole rings is 1. The highest BCUT2D eigenvalue weighted by molar-refractivity contribution is 5.78. The summed E-state index contributed by atoms with van der Waals surface area (Å²) in [7, 11) is 0. The molecule has 22 heavy (non-hydrogen) atoms. The number of para-hydroxylation sites is 2. The van der Waals surface area contributed by atoms with Crippen LogP contribution in [0.3, 0.4) is 0 Å². The number of hydrogen-bond donors (Lipinski definition) is 2. The van der Waals surface area contributed by atoms with Crippen LogP contribution in [0.4, 0.5) is 0 Å². The van der Waals surface area contributed by atoms with Crippen molar-refractivity contribution in [3.8, 4) is 0 Å². The van der Waals surface area contributed by atoms with Gasteiger partial charge in [0.2, 0.25) is 5.91 Å². The number of fused-ring (bicyclic) bond motifs is 1. The highest BCUT2D eigenvalue weighted by atomic mass is 16.4. The van der Waals surface area contributed by atoms with Crippen LogP contribution in [0.5, 0.6) is 0 Å². The summed E-state index contributed by atoms with van der Waals surface area (Å²) in [5.74, 6) is -0.438. The highest BCUT2D eigenvalue weighted by Gasteiger charge is 2.27. The van der Waals surface area contributed by atoms with Crippen LogP contribution in [0.25, 0.3) is 11.0 Å². The molecule has 1 amide bonds. The number of aliphatic carboxylic acids is 1. The van der Waals surface area contributed by atoms with Crippen molar-refractivity contribution < 1.29 is 14.7 Å². The van der Waals surface area contributed by atoms with Crippen molar-refractivity contribution in [3.05, 3.63) is 30.1 Å². The molecule has 116 valence electrons. The molecule has 1 atom stereocenters. The van der Waals surface area contributed by atoms with E-state index in [4.69, 9.17) is 5.11 Å². The van der Waals surface area contributed by atoms with E-state index in [-0.39, 0.29) is 5.91 Å². The van der Waals surface area contributed by atoms with Crippen LogP contribution in [0.2, 0.25) is 0 Å². The first-order chi connectivity index (χ1) is 10.6. The molecule has 6 nitrogen and oxygen atoms in total. The predicted molar refractivity (Wildman–Crippen MR) is 81.4 cm³/mol. The lowest BCUT2D eigenvalue weighted by Gasteiger charge is -2.30. The van der Waals surface area contributed by atoms with Gasteiger partial charge in [-0.2, -0.15) is 0 Å². The summed E-state index contributed by atoms with van der Waals surface area (Å²) < 4.78 is 0. The number of rotatable bonds is 4. The van der Waals surface area contributed by atoms with Crippen molar-refractivity contribution in [2.24, 2.45) is 5.92 Å². The fraction of sp³-hybridized carbons (Fsp3) is 0.438. The summed E-state index contributed by atoms with van der Waals surface area (Å²) in [6.07, 6.45) is 2.31. The van der Waals surface area contributed by atoms with Gasteiger partial charge < -0.3 is 15.0 Å². The molecule has 6 heteroatoms. The number of likely N-dealkylation sites (tertiary alicyclic amines) is 1. The van der Waals surface area contributed by atoms with Crippen molar-refractivity contribution >= 4 is 22.9 Å². The molecule has 0 spiro atoms. The fourth-order valence-electron chi connectivity index (χ4n) is 2.91. The molecule has 0 bridgehead atoms. The molecule has 1 unspecified atom stereocenters. The van der Waals surface area contributed by atoms with E-state index in [9.17, 15) is 9.59 Å². The van der Waals surface area contributed by atoms with Gasteiger partial charge in [-0.15, -0.1) is 0 Å². The second-order valence-corrected chi connectivity index (χ2v) is 5.72. The normalized spacial score (nSPS) is 18.5. The Balaban J connectivity index is 1.58. The fourth-order valence-corrected chi connectivity index (χ4v) is 2.91. The molecule has 1 fully saturated rings. The first-order valence-electron chi connectivity index (χ1n) is 7.57. The van der Waals surface area contributed by atoms with Gasteiger partial charge in [0.1, 0.15) is 5.82 Å². The van der Waals surface area contributed by atoms with E-state index >= 15 is 0 Å². The number of carbonyl (C=O) groups is 2. The SMILES string of the molecule is O=C(O)C1CCCN(C(=O)CCc2nc3ccccc3[nH]2)C1. The zero-order chi connectivity index (χ0) is 15.5. The molecule has 0 radical (unpaired) electrons. The minimum Gasteiger partial charge on any atom is -0.481 e. The molecule has 1 aromatic carbocycles. The van der Waals surface area contributed by atoms with E-state index in [1.165, 1.54) is 0 Å². The van der Waals surface area contributed by atoms with Crippen molar-refractivity contribution in [3.63, 3.8) is 0 Å². The van der Waals surface area contributed by atoms with Crippen molar-refractivity contribution in [1.29, 1.82) is 0 Å². The molecule has 2 heterocycles. The maximum Gasteiger partial charge on any atom is 0.308 e.